The molecule has 32 heavy (non-hydrogen) atoms. The molecule has 162 valence electrons. The van der Waals surface area contributed by atoms with Crippen molar-refractivity contribution in [3.8, 4) is 17.2 Å². The maximum atomic E-state index is 14.0. The molecule has 5 heteroatoms. The van der Waals surface area contributed by atoms with Crippen LogP contribution in [-0.2, 0) is 17.6 Å². The lowest BCUT2D eigenvalue weighted by molar-refractivity contribution is -0.117. The molecule has 0 fully saturated rings. The lowest BCUT2D eigenvalue weighted by Gasteiger charge is -2.12. The van der Waals surface area contributed by atoms with E-state index in [1.54, 1.807) is 30.5 Å². The summed E-state index contributed by atoms with van der Waals surface area (Å²) in [5.41, 5.74) is 4.56. The first-order valence-corrected chi connectivity index (χ1v) is 10.4. The number of rotatable bonds is 6. The number of benzene rings is 3. The van der Waals surface area contributed by atoms with Gasteiger partial charge in [0.2, 0.25) is 0 Å². The minimum Gasteiger partial charge on any atom is -0.508 e. The van der Waals surface area contributed by atoms with Crippen LogP contribution in [0.5, 0.6) is 17.2 Å². The third kappa shape index (κ3) is 4.62. The van der Waals surface area contributed by atoms with E-state index < -0.39 is 0 Å². The van der Waals surface area contributed by atoms with Crippen LogP contribution >= 0.6 is 0 Å². The molecule has 0 aliphatic heterocycles. The zero-order valence-electron chi connectivity index (χ0n) is 18.3. The molecule has 0 saturated heterocycles. The highest BCUT2D eigenvalue weighted by atomic mass is 19.1. The normalized spacial score (nSPS) is 11.0. The summed E-state index contributed by atoms with van der Waals surface area (Å²) in [6, 6.07) is 15.6. The summed E-state index contributed by atoms with van der Waals surface area (Å²) in [5.74, 6) is 1.08. The van der Waals surface area contributed by atoms with Crippen LogP contribution in [0, 0.1) is 26.6 Å². The molecule has 0 saturated carbocycles. The van der Waals surface area contributed by atoms with Crippen molar-refractivity contribution >= 4 is 16.7 Å². The van der Waals surface area contributed by atoms with Gasteiger partial charge in [-0.05, 0) is 73.4 Å². The van der Waals surface area contributed by atoms with Crippen LogP contribution in [0.25, 0.3) is 10.9 Å². The number of Topliss-reactive ketones (excluding diaryl/α,β-unsaturated/α-hetero) is 1. The standard InChI is InChI=1S/C27H24FNO3/c1-16-4-7-24(28)20(10-16)14-21(30)13-19-5-6-22(11-17(19)2)32-27-8-9-29-25-15-26(31)18(3)12-23(25)27/h4-12,15,31H,13-14H2,1-3H3. The highest BCUT2D eigenvalue weighted by Crippen LogP contribution is 2.33. The molecule has 4 aromatic rings. The number of phenolic OH excluding ortho intramolecular Hbond substituents is 1. The van der Waals surface area contributed by atoms with E-state index >= 15 is 0 Å². The van der Waals surface area contributed by atoms with Gasteiger partial charge < -0.3 is 9.84 Å². The number of pyridine rings is 1. The molecule has 1 N–H and O–H groups in total. The number of halogens is 1. The molecule has 1 heterocycles. The lowest BCUT2D eigenvalue weighted by atomic mass is 9.98. The third-order valence-electron chi connectivity index (χ3n) is 5.54. The summed E-state index contributed by atoms with van der Waals surface area (Å²) in [5, 5.41) is 10.7. The van der Waals surface area contributed by atoms with Crippen LogP contribution in [0.1, 0.15) is 27.8 Å². The number of hydrogen-bond donors (Lipinski definition) is 1. The molecule has 0 atom stereocenters. The molecule has 0 unspecified atom stereocenters. The number of carbonyl (C=O) groups excluding carboxylic acids is 1. The summed E-state index contributed by atoms with van der Waals surface area (Å²) < 4.78 is 20.1. The monoisotopic (exact) mass is 429 g/mol. The van der Waals surface area contributed by atoms with E-state index in [2.05, 4.69) is 4.98 Å². The fraction of sp³-hybridized carbons (Fsp3) is 0.185. The fourth-order valence-electron chi connectivity index (χ4n) is 3.74. The highest BCUT2D eigenvalue weighted by Gasteiger charge is 2.13. The molecular formula is C27H24FNO3. The second kappa shape index (κ2) is 8.79. The summed E-state index contributed by atoms with van der Waals surface area (Å²) in [6.07, 6.45) is 1.94. The smallest absolute Gasteiger partial charge is 0.141 e. The molecule has 3 aromatic carbocycles. The quantitative estimate of drug-likeness (QED) is 0.399. The second-order valence-electron chi connectivity index (χ2n) is 8.14. The summed E-state index contributed by atoms with van der Waals surface area (Å²) in [4.78, 5) is 16.8. The molecule has 0 bridgehead atoms. The van der Waals surface area contributed by atoms with Gasteiger partial charge in [-0.2, -0.15) is 0 Å². The largest absolute Gasteiger partial charge is 0.508 e. The first kappa shape index (κ1) is 21.5. The van der Waals surface area contributed by atoms with E-state index in [1.165, 1.54) is 6.07 Å². The van der Waals surface area contributed by atoms with Gasteiger partial charge in [0.25, 0.3) is 0 Å². The van der Waals surface area contributed by atoms with Gasteiger partial charge in [-0.25, -0.2) is 4.39 Å². The minimum absolute atomic E-state index is 0.0401. The van der Waals surface area contributed by atoms with Crippen molar-refractivity contribution in [3.63, 3.8) is 0 Å². The SMILES string of the molecule is Cc1ccc(F)c(CC(=O)Cc2ccc(Oc3ccnc4cc(O)c(C)cc34)cc2C)c1. The summed E-state index contributed by atoms with van der Waals surface area (Å²) in [6.45, 7) is 5.63. The van der Waals surface area contributed by atoms with Gasteiger partial charge in [0.1, 0.15) is 28.8 Å². The molecule has 4 nitrogen and oxygen atoms in total. The van der Waals surface area contributed by atoms with Crippen LogP contribution in [-0.4, -0.2) is 15.9 Å². The van der Waals surface area contributed by atoms with Crippen LogP contribution in [0.15, 0.2) is 60.8 Å². The topological polar surface area (TPSA) is 59.4 Å². The number of ether oxygens (including phenoxy) is 1. The lowest BCUT2D eigenvalue weighted by Crippen LogP contribution is -2.09. The van der Waals surface area contributed by atoms with Crippen molar-refractivity contribution in [2.75, 3.05) is 0 Å². The Labute approximate surface area is 186 Å². The first-order chi connectivity index (χ1) is 15.3. The van der Waals surface area contributed by atoms with Gasteiger partial charge in [0, 0.05) is 30.5 Å². The molecule has 1 aromatic heterocycles. The average Bonchev–Trinajstić information content (AvgIpc) is 2.74. The Hall–Kier alpha value is -3.73. The Morgan fingerprint density at radius 2 is 1.72 bits per heavy atom. The molecule has 0 amide bonds. The predicted octanol–water partition coefficient (Wildman–Crippen LogP) is 6.15. The van der Waals surface area contributed by atoms with Gasteiger partial charge >= 0.3 is 0 Å². The summed E-state index contributed by atoms with van der Waals surface area (Å²) >= 11 is 0. The van der Waals surface area contributed by atoms with E-state index in [-0.39, 0.29) is 30.2 Å². The number of phenols is 1. The van der Waals surface area contributed by atoms with Crippen LogP contribution in [0.2, 0.25) is 0 Å². The van der Waals surface area contributed by atoms with Gasteiger partial charge in [-0.15, -0.1) is 0 Å². The number of aromatic hydroxyl groups is 1. The predicted molar refractivity (Wildman–Crippen MR) is 123 cm³/mol. The second-order valence-corrected chi connectivity index (χ2v) is 8.14. The number of nitrogens with zero attached hydrogens (tertiary/aromatic N) is 1. The van der Waals surface area contributed by atoms with Crippen LogP contribution in [0.3, 0.4) is 0 Å². The molecule has 0 aliphatic carbocycles. The van der Waals surface area contributed by atoms with Crippen molar-refractivity contribution in [1.82, 2.24) is 4.98 Å². The van der Waals surface area contributed by atoms with E-state index in [1.807, 2.05) is 45.0 Å². The van der Waals surface area contributed by atoms with Crippen LogP contribution in [0.4, 0.5) is 4.39 Å². The van der Waals surface area contributed by atoms with E-state index in [4.69, 9.17) is 4.74 Å². The van der Waals surface area contributed by atoms with Crippen molar-refractivity contribution in [2.45, 2.75) is 33.6 Å². The van der Waals surface area contributed by atoms with E-state index in [9.17, 15) is 14.3 Å². The molecule has 0 radical (unpaired) electrons. The van der Waals surface area contributed by atoms with Crippen LogP contribution < -0.4 is 4.74 Å². The Morgan fingerprint density at radius 3 is 2.50 bits per heavy atom. The maximum absolute atomic E-state index is 14.0. The zero-order valence-corrected chi connectivity index (χ0v) is 18.3. The third-order valence-corrected chi connectivity index (χ3v) is 5.54. The van der Waals surface area contributed by atoms with Gasteiger partial charge in [-0.1, -0.05) is 23.8 Å². The fourth-order valence-corrected chi connectivity index (χ4v) is 3.74. The number of hydrogen-bond acceptors (Lipinski definition) is 4. The number of aromatic nitrogens is 1. The average molecular weight is 429 g/mol. The number of carbonyl (C=O) groups is 1. The molecular weight excluding hydrogens is 405 g/mol. The van der Waals surface area contributed by atoms with E-state index in [0.29, 0.717) is 22.6 Å². The Balaban J connectivity index is 1.51. The molecule has 0 spiro atoms. The number of aryl methyl sites for hydroxylation is 3. The van der Waals surface area contributed by atoms with Gasteiger partial charge in [0.05, 0.1) is 5.52 Å². The van der Waals surface area contributed by atoms with E-state index in [0.717, 1.165) is 27.6 Å². The number of ketones is 1. The van der Waals surface area contributed by atoms with Crippen molar-refractivity contribution < 1.29 is 19.0 Å². The van der Waals surface area contributed by atoms with Gasteiger partial charge in [-0.3, -0.25) is 9.78 Å². The van der Waals surface area contributed by atoms with Crippen molar-refractivity contribution in [2.24, 2.45) is 0 Å². The number of fused-ring (bicyclic) bond motifs is 1. The Morgan fingerprint density at radius 1 is 0.938 bits per heavy atom. The van der Waals surface area contributed by atoms with Gasteiger partial charge in [0.15, 0.2) is 0 Å². The zero-order chi connectivity index (χ0) is 22.8. The minimum atomic E-state index is -0.349. The highest BCUT2D eigenvalue weighted by molar-refractivity contribution is 5.87. The first-order valence-electron chi connectivity index (χ1n) is 10.4. The Bertz CT molecular complexity index is 1330. The van der Waals surface area contributed by atoms with Crippen molar-refractivity contribution in [1.29, 1.82) is 0 Å². The maximum Gasteiger partial charge on any atom is 0.141 e. The molecule has 4 rings (SSSR count). The molecule has 0 aliphatic rings. The summed E-state index contributed by atoms with van der Waals surface area (Å²) in [7, 11) is 0. The van der Waals surface area contributed by atoms with Crippen molar-refractivity contribution in [3.05, 3.63) is 94.4 Å². The Kier molecular flexibility index (Phi) is 5.91.